The van der Waals surface area contributed by atoms with Gasteiger partial charge in [-0.3, -0.25) is 4.79 Å². The van der Waals surface area contributed by atoms with Crippen LogP contribution in [0.2, 0.25) is 0 Å². The summed E-state index contributed by atoms with van der Waals surface area (Å²) >= 11 is 0. The van der Waals surface area contributed by atoms with Crippen LogP contribution in [0.1, 0.15) is 64.6 Å². The molecule has 0 saturated carbocycles. The molecule has 35 heavy (non-hydrogen) atoms. The van der Waals surface area contributed by atoms with Crippen LogP contribution in [-0.2, 0) is 36.7 Å². The molecule has 0 spiro atoms. The van der Waals surface area contributed by atoms with Gasteiger partial charge in [0.2, 0.25) is 5.91 Å². The highest BCUT2D eigenvalue weighted by molar-refractivity contribution is 5.77. The summed E-state index contributed by atoms with van der Waals surface area (Å²) in [5, 5.41) is 3.52. The second kappa shape index (κ2) is 11.0. The Bertz CT molecular complexity index is 1160. The SMILES string of the molecule is NC(=O)Cc1ccccc1CCc1nc(Cc2ccc(C3CCCCN3)cc2)ncc1C(F)(F)F. The molecule has 1 amide bonds. The number of aryl methyl sites for hydroxylation is 2. The molecule has 1 aliphatic rings. The Morgan fingerprint density at radius 1 is 1.03 bits per heavy atom. The normalized spacial score (nSPS) is 16.3. The van der Waals surface area contributed by atoms with E-state index in [9.17, 15) is 18.0 Å². The zero-order valence-electron chi connectivity index (χ0n) is 19.4. The monoisotopic (exact) mass is 482 g/mol. The van der Waals surface area contributed by atoms with E-state index in [1.807, 2.05) is 12.1 Å². The molecule has 1 saturated heterocycles. The van der Waals surface area contributed by atoms with Gasteiger partial charge in [0.1, 0.15) is 5.82 Å². The standard InChI is InChI=1S/C27H29F3N4O/c28-27(29,30)22-17-33-26(15-18-8-10-20(11-9-18)23-7-3-4-14-32-23)34-24(22)13-12-19-5-1-2-6-21(19)16-25(31)35/h1-2,5-6,8-11,17,23,32H,3-4,7,12-16H2,(H2,31,35). The summed E-state index contributed by atoms with van der Waals surface area (Å²) in [6.45, 7) is 1.02. The topological polar surface area (TPSA) is 80.9 Å². The zero-order chi connectivity index (χ0) is 24.8. The lowest BCUT2D eigenvalue weighted by atomic mass is 9.96. The first-order valence-corrected chi connectivity index (χ1v) is 11.9. The molecule has 4 rings (SSSR count). The molecular weight excluding hydrogens is 453 g/mol. The Morgan fingerprint density at radius 3 is 2.43 bits per heavy atom. The van der Waals surface area contributed by atoms with Gasteiger partial charge in [0, 0.05) is 18.7 Å². The van der Waals surface area contributed by atoms with Crippen LogP contribution in [0.3, 0.4) is 0 Å². The number of rotatable bonds is 8. The zero-order valence-corrected chi connectivity index (χ0v) is 19.4. The van der Waals surface area contributed by atoms with E-state index in [0.717, 1.165) is 35.9 Å². The number of carbonyl (C=O) groups is 1. The van der Waals surface area contributed by atoms with Crippen LogP contribution in [-0.4, -0.2) is 22.4 Å². The minimum Gasteiger partial charge on any atom is -0.369 e. The summed E-state index contributed by atoms with van der Waals surface area (Å²) in [7, 11) is 0. The summed E-state index contributed by atoms with van der Waals surface area (Å²) < 4.78 is 41.0. The van der Waals surface area contributed by atoms with Crippen molar-refractivity contribution in [1.29, 1.82) is 0 Å². The number of aromatic nitrogens is 2. The van der Waals surface area contributed by atoms with Crippen LogP contribution < -0.4 is 11.1 Å². The molecular formula is C27H29F3N4O. The van der Waals surface area contributed by atoms with Crippen LogP contribution in [0.5, 0.6) is 0 Å². The van der Waals surface area contributed by atoms with Crippen molar-refractivity contribution < 1.29 is 18.0 Å². The number of hydrogen-bond acceptors (Lipinski definition) is 4. The van der Waals surface area contributed by atoms with E-state index < -0.39 is 17.6 Å². The first kappa shape index (κ1) is 24.9. The molecule has 1 atom stereocenters. The minimum absolute atomic E-state index is 0.0422. The Morgan fingerprint density at radius 2 is 1.77 bits per heavy atom. The lowest BCUT2D eigenvalue weighted by Crippen LogP contribution is -2.26. The number of nitrogens with one attached hydrogen (secondary N) is 1. The molecule has 0 bridgehead atoms. The Labute approximate surface area is 203 Å². The highest BCUT2D eigenvalue weighted by Gasteiger charge is 2.34. The van der Waals surface area contributed by atoms with Crippen molar-refractivity contribution >= 4 is 5.91 Å². The highest BCUT2D eigenvalue weighted by Crippen LogP contribution is 2.32. The van der Waals surface area contributed by atoms with E-state index in [2.05, 4.69) is 27.4 Å². The van der Waals surface area contributed by atoms with Crippen LogP contribution in [0.15, 0.2) is 54.7 Å². The van der Waals surface area contributed by atoms with Crippen LogP contribution >= 0.6 is 0 Å². The largest absolute Gasteiger partial charge is 0.419 e. The second-order valence-electron chi connectivity index (χ2n) is 8.98. The van der Waals surface area contributed by atoms with Crippen molar-refractivity contribution in [2.24, 2.45) is 5.73 Å². The molecule has 1 aromatic heterocycles. The molecule has 2 heterocycles. The van der Waals surface area contributed by atoms with Crippen LogP contribution in [0, 0.1) is 0 Å². The first-order chi connectivity index (χ1) is 16.8. The fraction of sp³-hybridized carbons (Fsp3) is 0.370. The van der Waals surface area contributed by atoms with Crippen molar-refractivity contribution in [2.75, 3.05) is 6.54 Å². The summed E-state index contributed by atoms with van der Waals surface area (Å²) in [6, 6.07) is 15.6. The third-order valence-corrected chi connectivity index (χ3v) is 6.39. The number of halogens is 3. The van der Waals surface area contributed by atoms with Crippen molar-refractivity contribution in [1.82, 2.24) is 15.3 Å². The molecule has 1 fully saturated rings. The van der Waals surface area contributed by atoms with Crippen molar-refractivity contribution in [2.45, 2.75) is 57.2 Å². The van der Waals surface area contributed by atoms with Gasteiger partial charge in [0.05, 0.1) is 17.7 Å². The Hall–Kier alpha value is -3.26. The van der Waals surface area contributed by atoms with E-state index in [4.69, 9.17) is 5.73 Å². The summed E-state index contributed by atoms with van der Waals surface area (Å²) in [5.74, 6) is -0.134. The predicted octanol–water partition coefficient (Wildman–Crippen LogP) is 4.71. The maximum Gasteiger partial charge on any atom is 0.419 e. The van der Waals surface area contributed by atoms with Crippen molar-refractivity contribution in [3.05, 3.63) is 94.1 Å². The molecule has 3 N–H and O–H groups in total. The summed E-state index contributed by atoms with van der Waals surface area (Å²) in [6.07, 6.45) is 0.618. The summed E-state index contributed by atoms with van der Waals surface area (Å²) in [4.78, 5) is 19.7. The molecule has 1 unspecified atom stereocenters. The maximum absolute atomic E-state index is 13.7. The van der Waals surface area contributed by atoms with Gasteiger partial charge in [-0.2, -0.15) is 13.2 Å². The number of nitrogens with two attached hydrogens (primary N) is 1. The Kier molecular flexibility index (Phi) is 7.80. The van der Waals surface area contributed by atoms with Gasteiger partial charge < -0.3 is 11.1 Å². The number of benzene rings is 2. The average Bonchev–Trinajstić information content (AvgIpc) is 2.83. The summed E-state index contributed by atoms with van der Waals surface area (Å²) in [5.41, 5.74) is 8.11. The minimum atomic E-state index is -4.55. The van der Waals surface area contributed by atoms with Gasteiger partial charge in [0.15, 0.2) is 0 Å². The second-order valence-corrected chi connectivity index (χ2v) is 8.98. The van der Waals surface area contributed by atoms with E-state index in [1.165, 1.54) is 18.4 Å². The fourth-order valence-corrected chi connectivity index (χ4v) is 4.57. The number of carbonyl (C=O) groups excluding carboxylic acids is 1. The molecule has 3 aromatic rings. The molecule has 0 aliphatic carbocycles. The smallest absolute Gasteiger partial charge is 0.369 e. The number of primary amides is 1. The lowest BCUT2D eigenvalue weighted by Gasteiger charge is -2.24. The highest BCUT2D eigenvalue weighted by atomic mass is 19.4. The third kappa shape index (κ3) is 6.66. The number of piperidine rings is 1. The van der Waals surface area contributed by atoms with Crippen LogP contribution in [0.25, 0.3) is 0 Å². The molecule has 2 aromatic carbocycles. The number of nitrogens with zero attached hydrogens (tertiary/aromatic N) is 2. The number of alkyl halides is 3. The van der Waals surface area contributed by atoms with Gasteiger partial charge in [-0.05, 0) is 54.5 Å². The molecule has 5 nitrogen and oxygen atoms in total. The van der Waals surface area contributed by atoms with Gasteiger partial charge in [0.25, 0.3) is 0 Å². The molecule has 0 radical (unpaired) electrons. The molecule has 1 aliphatic heterocycles. The predicted molar refractivity (Wildman–Crippen MR) is 128 cm³/mol. The fourth-order valence-electron chi connectivity index (χ4n) is 4.57. The van der Waals surface area contributed by atoms with Gasteiger partial charge in [-0.1, -0.05) is 55.0 Å². The van der Waals surface area contributed by atoms with Crippen molar-refractivity contribution in [3.8, 4) is 0 Å². The first-order valence-electron chi connectivity index (χ1n) is 11.9. The molecule has 184 valence electrons. The van der Waals surface area contributed by atoms with Gasteiger partial charge in [-0.15, -0.1) is 0 Å². The van der Waals surface area contributed by atoms with E-state index in [1.54, 1.807) is 24.3 Å². The number of amides is 1. The van der Waals surface area contributed by atoms with Crippen molar-refractivity contribution in [3.63, 3.8) is 0 Å². The quantitative estimate of drug-likeness (QED) is 0.487. The third-order valence-electron chi connectivity index (χ3n) is 6.39. The van der Waals surface area contributed by atoms with E-state index >= 15 is 0 Å². The molecule has 8 heteroatoms. The van der Waals surface area contributed by atoms with Crippen LogP contribution in [0.4, 0.5) is 13.2 Å². The Balaban J connectivity index is 1.52. The maximum atomic E-state index is 13.7. The average molecular weight is 483 g/mol. The van der Waals surface area contributed by atoms with Gasteiger partial charge >= 0.3 is 6.18 Å². The van der Waals surface area contributed by atoms with Gasteiger partial charge in [-0.25, -0.2) is 9.97 Å². The number of hydrogen-bond donors (Lipinski definition) is 2. The lowest BCUT2D eigenvalue weighted by molar-refractivity contribution is -0.138. The van der Waals surface area contributed by atoms with E-state index in [-0.39, 0.29) is 18.5 Å². The van der Waals surface area contributed by atoms with E-state index in [0.29, 0.717) is 24.7 Å².